The zero-order valence-corrected chi connectivity index (χ0v) is 14.2. The minimum atomic E-state index is -0.458. The number of aldehydes is 1. The summed E-state index contributed by atoms with van der Waals surface area (Å²) in [5.74, 6) is -0.458. The highest BCUT2D eigenvalue weighted by Gasteiger charge is 2.15. The van der Waals surface area contributed by atoms with E-state index >= 15 is 0 Å². The maximum atomic E-state index is 14.7. The number of carbonyl (C=O) groups excluding carboxylic acids is 1. The number of nitrogens with zero attached hydrogens (tertiary/aromatic N) is 1. The van der Waals surface area contributed by atoms with Crippen molar-refractivity contribution in [3.8, 4) is 0 Å². The first-order valence-corrected chi connectivity index (χ1v) is 8.05. The maximum Gasteiger partial charge on any atom is 0.150 e. The molecule has 0 fully saturated rings. The molecule has 0 amide bonds. The van der Waals surface area contributed by atoms with Crippen molar-refractivity contribution >= 4 is 17.7 Å². The molecule has 2 nitrogen and oxygen atoms in total. The number of benzene rings is 3. The van der Waals surface area contributed by atoms with Crippen LogP contribution in [0.15, 0.2) is 71.7 Å². The number of rotatable bonds is 4. The molecular weight excluding hydrogens is 313 g/mol. The van der Waals surface area contributed by atoms with Crippen LogP contribution < -0.4 is 0 Å². The van der Waals surface area contributed by atoms with Gasteiger partial charge in [-0.15, -0.1) is 0 Å². The number of para-hydroxylation sites is 1. The number of hydrogen-bond acceptors (Lipinski definition) is 2. The van der Waals surface area contributed by atoms with Crippen LogP contribution in [0, 0.1) is 19.7 Å². The summed E-state index contributed by atoms with van der Waals surface area (Å²) in [6, 6.07) is 20.0. The molecule has 0 atom stereocenters. The van der Waals surface area contributed by atoms with Crippen molar-refractivity contribution in [2.45, 2.75) is 13.8 Å². The quantitative estimate of drug-likeness (QED) is 0.463. The van der Waals surface area contributed by atoms with Gasteiger partial charge in [0.1, 0.15) is 12.1 Å². The second-order valence-corrected chi connectivity index (χ2v) is 5.92. The van der Waals surface area contributed by atoms with Crippen LogP contribution in [0.1, 0.15) is 32.6 Å². The van der Waals surface area contributed by atoms with Gasteiger partial charge in [0.2, 0.25) is 0 Å². The summed E-state index contributed by atoms with van der Waals surface area (Å²) in [7, 11) is 0. The molecule has 3 aromatic carbocycles. The van der Waals surface area contributed by atoms with Crippen molar-refractivity contribution in [2.75, 3.05) is 0 Å². The zero-order chi connectivity index (χ0) is 17.8. The van der Waals surface area contributed by atoms with Crippen molar-refractivity contribution in [3.63, 3.8) is 0 Å². The Balaban J connectivity index is 2.25. The Morgan fingerprint density at radius 1 is 0.880 bits per heavy atom. The van der Waals surface area contributed by atoms with Gasteiger partial charge in [0, 0.05) is 16.7 Å². The van der Waals surface area contributed by atoms with E-state index in [1.54, 1.807) is 12.1 Å². The maximum absolute atomic E-state index is 14.7. The lowest BCUT2D eigenvalue weighted by molar-refractivity contribution is 0.112. The predicted octanol–water partition coefficient (Wildman–Crippen LogP) is 5.42. The van der Waals surface area contributed by atoms with Crippen LogP contribution in [-0.4, -0.2) is 12.0 Å². The van der Waals surface area contributed by atoms with Crippen LogP contribution in [-0.2, 0) is 0 Å². The van der Waals surface area contributed by atoms with Crippen molar-refractivity contribution < 1.29 is 9.18 Å². The fourth-order valence-corrected chi connectivity index (χ4v) is 2.71. The summed E-state index contributed by atoms with van der Waals surface area (Å²) < 4.78 is 14.7. The lowest BCUT2D eigenvalue weighted by Gasteiger charge is -2.12. The summed E-state index contributed by atoms with van der Waals surface area (Å²) in [4.78, 5) is 15.7. The lowest BCUT2D eigenvalue weighted by Crippen LogP contribution is -2.08. The van der Waals surface area contributed by atoms with Gasteiger partial charge in [0.25, 0.3) is 0 Å². The van der Waals surface area contributed by atoms with E-state index in [-0.39, 0.29) is 0 Å². The SMILES string of the molecule is Cc1ccccc1N=C(c1ccccc1C)c1ccc(C=O)cc1F. The molecule has 0 saturated heterocycles. The van der Waals surface area contributed by atoms with Gasteiger partial charge >= 0.3 is 0 Å². The third kappa shape index (κ3) is 3.56. The summed E-state index contributed by atoms with van der Waals surface area (Å²) in [6.07, 6.45) is 0.638. The highest BCUT2D eigenvalue weighted by atomic mass is 19.1. The van der Waals surface area contributed by atoms with Gasteiger partial charge < -0.3 is 0 Å². The molecule has 0 N–H and O–H groups in total. The molecule has 124 valence electrons. The third-order valence-corrected chi connectivity index (χ3v) is 4.13. The Kier molecular flexibility index (Phi) is 4.85. The fourth-order valence-electron chi connectivity index (χ4n) is 2.71. The lowest BCUT2D eigenvalue weighted by atomic mass is 9.96. The van der Waals surface area contributed by atoms with E-state index < -0.39 is 5.82 Å². The standard InChI is InChI=1S/C22H18FNO/c1-15-7-3-5-9-18(15)22(24-21-10-6-4-8-16(21)2)19-12-11-17(14-25)13-20(19)23/h3-14H,1-2H3. The van der Waals surface area contributed by atoms with E-state index in [0.29, 0.717) is 23.1 Å². The number of aliphatic imine (C=N–C) groups is 1. The van der Waals surface area contributed by atoms with Crippen molar-refractivity contribution in [2.24, 2.45) is 4.99 Å². The van der Waals surface area contributed by atoms with Gasteiger partial charge in [-0.3, -0.25) is 4.79 Å². The molecule has 3 heteroatoms. The monoisotopic (exact) mass is 331 g/mol. The Morgan fingerprint density at radius 2 is 1.56 bits per heavy atom. The first-order valence-electron chi connectivity index (χ1n) is 8.05. The van der Waals surface area contributed by atoms with Crippen molar-refractivity contribution in [1.82, 2.24) is 0 Å². The largest absolute Gasteiger partial charge is 0.298 e. The number of aryl methyl sites for hydroxylation is 2. The molecule has 0 saturated carbocycles. The van der Waals surface area contributed by atoms with Crippen LogP contribution in [0.25, 0.3) is 0 Å². The van der Waals surface area contributed by atoms with Gasteiger partial charge in [0.15, 0.2) is 0 Å². The highest BCUT2D eigenvalue weighted by molar-refractivity contribution is 6.15. The Morgan fingerprint density at radius 3 is 2.20 bits per heavy atom. The van der Waals surface area contributed by atoms with Gasteiger partial charge in [0.05, 0.1) is 11.4 Å². The third-order valence-electron chi connectivity index (χ3n) is 4.13. The molecule has 0 unspecified atom stereocenters. The van der Waals surface area contributed by atoms with E-state index in [1.165, 1.54) is 6.07 Å². The average Bonchev–Trinajstić information content (AvgIpc) is 2.62. The normalized spacial score (nSPS) is 11.4. The molecule has 0 aliphatic carbocycles. The number of hydrogen-bond donors (Lipinski definition) is 0. The van der Waals surface area contributed by atoms with Crippen LogP contribution in [0.2, 0.25) is 0 Å². The van der Waals surface area contributed by atoms with Crippen LogP contribution >= 0.6 is 0 Å². The van der Waals surface area contributed by atoms with Crippen LogP contribution in [0.4, 0.5) is 10.1 Å². The molecule has 0 bridgehead atoms. The first-order chi connectivity index (χ1) is 12.1. The molecule has 0 spiro atoms. The molecule has 0 radical (unpaired) electrons. The predicted molar refractivity (Wildman–Crippen MR) is 99.4 cm³/mol. The summed E-state index contributed by atoms with van der Waals surface area (Å²) >= 11 is 0. The smallest absolute Gasteiger partial charge is 0.150 e. The Hall–Kier alpha value is -3.07. The van der Waals surface area contributed by atoms with Gasteiger partial charge in [-0.25, -0.2) is 9.38 Å². The average molecular weight is 331 g/mol. The number of carbonyl (C=O) groups is 1. The Bertz CT molecular complexity index is 960. The fraction of sp³-hybridized carbons (Fsp3) is 0.0909. The van der Waals surface area contributed by atoms with Crippen LogP contribution in [0.5, 0.6) is 0 Å². The highest BCUT2D eigenvalue weighted by Crippen LogP contribution is 2.24. The number of halogens is 1. The second kappa shape index (κ2) is 7.22. The summed E-state index contributed by atoms with van der Waals surface area (Å²) in [5.41, 5.74) is 4.92. The minimum absolute atomic E-state index is 0.307. The minimum Gasteiger partial charge on any atom is -0.298 e. The molecule has 0 aliphatic rings. The van der Waals surface area contributed by atoms with Gasteiger partial charge in [-0.2, -0.15) is 0 Å². The van der Waals surface area contributed by atoms with E-state index in [2.05, 4.69) is 0 Å². The molecule has 0 heterocycles. The zero-order valence-electron chi connectivity index (χ0n) is 14.2. The van der Waals surface area contributed by atoms with Crippen molar-refractivity contribution in [1.29, 1.82) is 0 Å². The molecule has 25 heavy (non-hydrogen) atoms. The van der Waals surface area contributed by atoms with Gasteiger partial charge in [-0.05, 0) is 43.2 Å². The summed E-state index contributed by atoms with van der Waals surface area (Å²) in [6.45, 7) is 3.94. The summed E-state index contributed by atoms with van der Waals surface area (Å²) in [5, 5.41) is 0. The topological polar surface area (TPSA) is 29.4 Å². The second-order valence-electron chi connectivity index (χ2n) is 5.92. The van der Waals surface area contributed by atoms with E-state index in [4.69, 9.17) is 4.99 Å². The van der Waals surface area contributed by atoms with E-state index in [9.17, 15) is 9.18 Å². The Labute approximate surface area is 146 Å². The van der Waals surface area contributed by atoms with Gasteiger partial charge in [-0.1, -0.05) is 48.5 Å². The van der Waals surface area contributed by atoms with Crippen LogP contribution in [0.3, 0.4) is 0 Å². The molecule has 3 rings (SSSR count). The van der Waals surface area contributed by atoms with E-state index in [1.807, 2.05) is 62.4 Å². The van der Waals surface area contributed by atoms with Crippen molar-refractivity contribution in [3.05, 3.63) is 100 Å². The molecular formula is C22H18FNO. The first kappa shape index (κ1) is 16.8. The van der Waals surface area contributed by atoms with E-state index in [0.717, 1.165) is 22.4 Å². The molecule has 0 aromatic heterocycles. The molecule has 3 aromatic rings. The molecule has 0 aliphatic heterocycles.